The number of aromatic nitrogens is 2. The smallest absolute Gasteiger partial charge is 0.337 e. The van der Waals surface area contributed by atoms with Gasteiger partial charge < -0.3 is 9.88 Å². The van der Waals surface area contributed by atoms with Crippen LogP contribution in [0.1, 0.15) is 46.6 Å². The van der Waals surface area contributed by atoms with Crippen molar-refractivity contribution in [3.05, 3.63) is 98.7 Å². The average Bonchev–Trinajstić information content (AvgIpc) is 3.61. The van der Waals surface area contributed by atoms with Crippen LogP contribution >= 0.6 is 0 Å². The van der Waals surface area contributed by atoms with Crippen molar-refractivity contribution in [1.29, 1.82) is 0 Å². The summed E-state index contributed by atoms with van der Waals surface area (Å²) in [7, 11) is 0. The maximum Gasteiger partial charge on any atom is 0.416 e. The molecule has 0 radical (unpaired) electrons. The minimum absolute atomic E-state index is 0.0198. The molecule has 2 heterocycles. The topological polar surface area (TPSA) is 66.1 Å². The number of fused-ring (bicyclic) bond motifs is 1. The van der Waals surface area contributed by atoms with Gasteiger partial charge in [0.05, 0.1) is 35.2 Å². The molecule has 0 unspecified atom stereocenters. The molecular weight excluding hydrogens is 431 g/mol. The summed E-state index contributed by atoms with van der Waals surface area (Å²) in [5, 5.41) is 0. The van der Waals surface area contributed by atoms with Crippen LogP contribution < -0.4 is 5.56 Å². The standard InChI is InChI=1S/C25H22F3N3O2/c26-25(27,28)18-8-6-16(7-9-18)14-21(32)31-13-10-20-19(15-31)22(33)30-23(29-20)24(11-12-24)17-4-2-1-3-5-17/h1-9H,10-15H2,(H,29,30,33). The van der Waals surface area contributed by atoms with Gasteiger partial charge in [-0.15, -0.1) is 0 Å². The summed E-state index contributed by atoms with van der Waals surface area (Å²) < 4.78 is 38.2. The van der Waals surface area contributed by atoms with E-state index < -0.39 is 11.7 Å². The zero-order valence-corrected chi connectivity index (χ0v) is 17.8. The second-order valence-electron chi connectivity index (χ2n) is 8.72. The molecule has 1 aromatic heterocycles. The summed E-state index contributed by atoms with van der Waals surface area (Å²) in [4.78, 5) is 35.0. The molecule has 8 heteroatoms. The minimum atomic E-state index is -4.41. The van der Waals surface area contributed by atoms with E-state index in [9.17, 15) is 22.8 Å². The van der Waals surface area contributed by atoms with Gasteiger partial charge in [-0.3, -0.25) is 9.59 Å². The molecule has 0 saturated heterocycles. The monoisotopic (exact) mass is 453 g/mol. The van der Waals surface area contributed by atoms with Crippen LogP contribution in [-0.4, -0.2) is 27.3 Å². The molecule has 2 aliphatic rings. The number of nitrogens with zero attached hydrogens (tertiary/aromatic N) is 2. The van der Waals surface area contributed by atoms with E-state index in [1.165, 1.54) is 12.1 Å². The van der Waals surface area contributed by atoms with E-state index >= 15 is 0 Å². The van der Waals surface area contributed by atoms with Crippen molar-refractivity contribution < 1.29 is 18.0 Å². The number of alkyl halides is 3. The second kappa shape index (κ2) is 7.86. The Morgan fingerprint density at radius 2 is 1.76 bits per heavy atom. The fraction of sp³-hybridized carbons (Fsp3) is 0.320. The van der Waals surface area contributed by atoms with Crippen molar-refractivity contribution in [1.82, 2.24) is 14.9 Å². The average molecular weight is 453 g/mol. The Morgan fingerprint density at radius 3 is 2.39 bits per heavy atom. The number of aromatic amines is 1. The highest BCUT2D eigenvalue weighted by atomic mass is 19.4. The van der Waals surface area contributed by atoms with Gasteiger partial charge in [0, 0.05) is 13.0 Å². The number of rotatable bonds is 4. The number of benzene rings is 2. The summed E-state index contributed by atoms with van der Waals surface area (Å²) in [6.45, 7) is 0.566. The number of hydrogen-bond acceptors (Lipinski definition) is 3. The molecule has 0 spiro atoms. The summed E-state index contributed by atoms with van der Waals surface area (Å²) >= 11 is 0. The Labute approximate surface area is 188 Å². The van der Waals surface area contributed by atoms with Gasteiger partial charge in [-0.25, -0.2) is 4.98 Å². The lowest BCUT2D eigenvalue weighted by Gasteiger charge is -2.28. The number of hydrogen-bond donors (Lipinski definition) is 1. The van der Waals surface area contributed by atoms with Gasteiger partial charge in [-0.05, 0) is 36.1 Å². The van der Waals surface area contributed by atoms with Crippen molar-refractivity contribution in [3.63, 3.8) is 0 Å². The number of carbonyl (C=O) groups excluding carboxylic acids is 1. The van der Waals surface area contributed by atoms with E-state index in [-0.39, 0.29) is 29.8 Å². The molecule has 5 rings (SSSR count). The van der Waals surface area contributed by atoms with Crippen LogP contribution in [0.15, 0.2) is 59.4 Å². The van der Waals surface area contributed by atoms with Gasteiger partial charge in [-0.1, -0.05) is 42.5 Å². The van der Waals surface area contributed by atoms with Gasteiger partial charge in [0.15, 0.2) is 0 Å². The van der Waals surface area contributed by atoms with Crippen LogP contribution in [0, 0.1) is 0 Å². The fourth-order valence-corrected chi connectivity index (χ4v) is 4.51. The lowest BCUT2D eigenvalue weighted by Crippen LogP contribution is -2.41. The van der Waals surface area contributed by atoms with Crippen LogP contribution in [0.5, 0.6) is 0 Å². The summed E-state index contributed by atoms with van der Waals surface area (Å²) in [5.74, 6) is 0.453. The van der Waals surface area contributed by atoms with Gasteiger partial charge in [0.1, 0.15) is 5.82 Å². The van der Waals surface area contributed by atoms with E-state index in [1.54, 1.807) is 4.90 Å². The summed E-state index contributed by atoms with van der Waals surface area (Å²) in [5.41, 5.74) is 1.61. The predicted molar refractivity (Wildman–Crippen MR) is 116 cm³/mol. The largest absolute Gasteiger partial charge is 0.416 e. The fourth-order valence-electron chi connectivity index (χ4n) is 4.51. The molecule has 170 valence electrons. The van der Waals surface area contributed by atoms with Gasteiger partial charge in [0.2, 0.25) is 5.91 Å². The minimum Gasteiger partial charge on any atom is -0.337 e. The molecule has 0 bridgehead atoms. The summed E-state index contributed by atoms with van der Waals surface area (Å²) in [6.07, 6.45) is -2.11. The van der Waals surface area contributed by atoms with Crippen molar-refractivity contribution in [2.75, 3.05) is 6.54 Å². The molecule has 33 heavy (non-hydrogen) atoms. The van der Waals surface area contributed by atoms with E-state index in [4.69, 9.17) is 4.98 Å². The van der Waals surface area contributed by atoms with Crippen LogP contribution in [0.3, 0.4) is 0 Å². The van der Waals surface area contributed by atoms with E-state index in [2.05, 4.69) is 4.98 Å². The lowest BCUT2D eigenvalue weighted by molar-refractivity contribution is -0.137. The van der Waals surface area contributed by atoms with Crippen LogP contribution in [0.25, 0.3) is 0 Å². The molecule has 0 atom stereocenters. The second-order valence-corrected chi connectivity index (χ2v) is 8.72. The van der Waals surface area contributed by atoms with E-state index in [0.717, 1.165) is 36.2 Å². The Hall–Kier alpha value is -3.42. The van der Waals surface area contributed by atoms with Crippen LogP contribution in [0.2, 0.25) is 0 Å². The van der Waals surface area contributed by atoms with Gasteiger partial charge in [0.25, 0.3) is 5.56 Å². The van der Waals surface area contributed by atoms with Gasteiger partial charge in [-0.2, -0.15) is 13.2 Å². The zero-order chi connectivity index (χ0) is 23.2. The third-order valence-electron chi connectivity index (χ3n) is 6.59. The predicted octanol–water partition coefficient (Wildman–Crippen LogP) is 4.00. The SMILES string of the molecule is O=C(Cc1ccc(C(F)(F)F)cc1)N1CCc2nc(C3(c4ccccc4)CC3)[nH]c(=O)c2C1. The molecule has 1 aliphatic carbocycles. The third kappa shape index (κ3) is 4.05. The zero-order valence-electron chi connectivity index (χ0n) is 17.8. The molecule has 5 nitrogen and oxygen atoms in total. The normalized spacial score (nSPS) is 16.9. The molecule has 2 aromatic carbocycles. The molecular formula is C25H22F3N3O2. The number of nitrogens with one attached hydrogen (secondary N) is 1. The molecule has 1 aliphatic heterocycles. The highest BCUT2D eigenvalue weighted by molar-refractivity contribution is 5.79. The lowest BCUT2D eigenvalue weighted by atomic mass is 9.94. The summed E-state index contributed by atoms with van der Waals surface area (Å²) in [6, 6.07) is 14.6. The van der Waals surface area contributed by atoms with E-state index in [1.807, 2.05) is 30.3 Å². The Balaban J connectivity index is 1.32. The maximum atomic E-state index is 12.9. The highest BCUT2D eigenvalue weighted by Crippen LogP contribution is 2.51. The molecule has 1 amide bonds. The number of H-pyrrole nitrogens is 1. The van der Waals surface area contributed by atoms with Gasteiger partial charge >= 0.3 is 6.18 Å². The quantitative estimate of drug-likeness (QED) is 0.650. The van der Waals surface area contributed by atoms with Crippen LogP contribution in [0.4, 0.5) is 13.2 Å². The first kappa shape index (κ1) is 21.4. The van der Waals surface area contributed by atoms with E-state index in [0.29, 0.717) is 29.9 Å². The first-order valence-electron chi connectivity index (χ1n) is 10.9. The van der Waals surface area contributed by atoms with Crippen molar-refractivity contribution in [2.45, 2.75) is 43.8 Å². The number of halogens is 3. The number of carbonyl (C=O) groups is 1. The third-order valence-corrected chi connectivity index (χ3v) is 6.59. The Bertz CT molecular complexity index is 1250. The van der Waals surface area contributed by atoms with Crippen molar-refractivity contribution in [2.24, 2.45) is 0 Å². The Kier molecular flexibility index (Phi) is 5.11. The van der Waals surface area contributed by atoms with Crippen molar-refractivity contribution in [3.8, 4) is 0 Å². The molecule has 3 aromatic rings. The molecule has 1 N–H and O–H groups in total. The van der Waals surface area contributed by atoms with Crippen molar-refractivity contribution >= 4 is 5.91 Å². The number of amides is 1. The highest BCUT2D eigenvalue weighted by Gasteiger charge is 2.48. The molecule has 1 saturated carbocycles. The van der Waals surface area contributed by atoms with Crippen LogP contribution in [-0.2, 0) is 35.8 Å². The first-order chi connectivity index (χ1) is 15.8. The first-order valence-corrected chi connectivity index (χ1v) is 10.9. The maximum absolute atomic E-state index is 12.9. The Morgan fingerprint density at radius 1 is 1.06 bits per heavy atom. The molecule has 1 fully saturated rings.